The minimum absolute atomic E-state index is 0.0912. The molecule has 1 saturated heterocycles. The number of likely N-dealkylation sites (tertiary alicyclic amines) is 1. The third kappa shape index (κ3) is 3.80. The van der Waals surface area contributed by atoms with Crippen molar-refractivity contribution in [1.29, 1.82) is 0 Å². The molecule has 2 N–H and O–H groups in total. The first-order chi connectivity index (χ1) is 9.03. The highest BCUT2D eigenvalue weighted by atomic mass is 79.9. The molecular weight excluding hydrogens is 300 g/mol. The largest absolute Gasteiger partial charge is 0.329 e. The van der Waals surface area contributed by atoms with Crippen LogP contribution in [-0.2, 0) is 6.42 Å². The van der Waals surface area contributed by atoms with Crippen molar-refractivity contribution in [3.8, 4) is 0 Å². The number of halogens is 1. The van der Waals surface area contributed by atoms with E-state index in [1.165, 1.54) is 31.5 Å². The van der Waals surface area contributed by atoms with E-state index in [-0.39, 0.29) is 5.54 Å². The summed E-state index contributed by atoms with van der Waals surface area (Å²) in [6, 6.07) is 8.63. The fourth-order valence-corrected chi connectivity index (χ4v) is 3.17. The van der Waals surface area contributed by atoms with Gasteiger partial charge in [0.1, 0.15) is 0 Å². The Bertz CT molecular complexity index is 396. The third-order valence-electron chi connectivity index (χ3n) is 4.49. The van der Waals surface area contributed by atoms with Gasteiger partial charge in [-0.05, 0) is 62.9 Å². The Morgan fingerprint density at radius 3 is 2.37 bits per heavy atom. The SMILES string of the molecule is CC1CCN(C(C)(CN)Cc2ccc(Br)cc2)CC1. The van der Waals surface area contributed by atoms with E-state index in [1.54, 1.807) is 0 Å². The molecule has 3 heteroatoms. The van der Waals surface area contributed by atoms with E-state index in [1.807, 2.05) is 0 Å². The van der Waals surface area contributed by atoms with Gasteiger partial charge in [-0.1, -0.05) is 35.0 Å². The molecular formula is C16H25BrN2. The van der Waals surface area contributed by atoms with Crippen LogP contribution >= 0.6 is 15.9 Å². The molecule has 1 aromatic rings. The van der Waals surface area contributed by atoms with E-state index in [4.69, 9.17) is 5.73 Å². The van der Waals surface area contributed by atoms with Gasteiger partial charge in [0.15, 0.2) is 0 Å². The molecule has 0 spiro atoms. The summed E-state index contributed by atoms with van der Waals surface area (Å²) in [5.74, 6) is 0.867. The van der Waals surface area contributed by atoms with E-state index >= 15 is 0 Å². The summed E-state index contributed by atoms with van der Waals surface area (Å²) in [7, 11) is 0. The van der Waals surface area contributed by atoms with Crippen LogP contribution in [0.15, 0.2) is 28.7 Å². The first-order valence-corrected chi connectivity index (χ1v) is 8.02. The van der Waals surface area contributed by atoms with Crippen molar-refractivity contribution in [2.24, 2.45) is 11.7 Å². The first-order valence-electron chi connectivity index (χ1n) is 7.23. The zero-order valence-corrected chi connectivity index (χ0v) is 13.6. The lowest BCUT2D eigenvalue weighted by atomic mass is 9.87. The minimum atomic E-state index is 0.0912. The Labute approximate surface area is 125 Å². The van der Waals surface area contributed by atoms with E-state index in [0.717, 1.165) is 23.4 Å². The van der Waals surface area contributed by atoms with Gasteiger partial charge in [0.25, 0.3) is 0 Å². The summed E-state index contributed by atoms with van der Waals surface area (Å²) in [5.41, 5.74) is 7.56. The topological polar surface area (TPSA) is 29.3 Å². The second kappa shape index (κ2) is 6.38. The highest BCUT2D eigenvalue weighted by molar-refractivity contribution is 9.10. The van der Waals surface area contributed by atoms with Gasteiger partial charge in [0.2, 0.25) is 0 Å². The monoisotopic (exact) mass is 324 g/mol. The van der Waals surface area contributed by atoms with Crippen LogP contribution in [0.5, 0.6) is 0 Å². The molecule has 0 saturated carbocycles. The lowest BCUT2D eigenvalue weighted by Crippen LogP contribution is -2.55. The van der Waals surface area contributed by atoms with Crippen molar-refractivity contribution >= 4 is 15.9 Å². The molecule has 1 aliphatic rings. The van der Waals surface area contributed by atoms with Crippen LogP contribution in [0.1, 0.15) is 32.3 Å². The van der Waals surface area contributed by atoms with Gasteiger partial charge >= 0.3 is 0 Å². The van der Waals surface area contributed by atoms with Gasteiger partial charge in [-0.2, -0.15) is 0 Å². The molecule has 1 heterocycles. The van der Waals surface area contributed by atoms with E-state index < -0.39 is 0 Å². The second-order valence-corrected chi connectivity index (χ2v) is 7.09. The molecule has 1 aliphatic heterocycles. The molecule has 19 heavy (non-hydrogen) atoms. The lowest BCUT2D eigenvalue weighted by molar-refractivity contribution is 0.0709. The highest BCUT2D eigenvalue weighted by Crippen LogP contribution is 2.26. The smallest absolute Gasteiger partial charge is 0.0343 e. The van der Waals surface area contributed by atoms with Crippen LogP contribution in [0.4, 0.5) is 0 Å². The number of nitrogens with two attached hydrogens (primary N) is 1. The summed E-state index contributed by atoms with van der Waals surface area (Å²) < 4.78 is 1.14. The number of rotatable bonds is 4. The maximum absolute atomic E-state index is 6.10. The molecule has 0 radical (unpaired) electrons. The Kier molecular flexibility index (Phi) is 5.04. The van der Waals surface area contributed by atoms with Gasteiger partial charge in [-0.3, -0.25) is 4.90 Å². The number of piperidine rings is 1. The van der Waals surface area contributed by atoms with Crippen molar-refractivity contribution < 1.29 is 0 Å². The lowest BCUT2D eigenvalue weighted by Gasteiger charge is -2.44. The molecule has 0 amide bonds. The zero-order chi connectivity index (χ0) is 13.9. The average Bonchev–Trinajstić information content (AvgIpc) is 2.42. The van der Waals surface area contributed by atoms with Crippen LogP contribution in [0, 0.1) is 5.92 Å². The normalized spacial score (nSPS) is 21.3. The van der Waals surface area contributed by atoms with Crippen molar-refractivity contribution in [1.82, 2.24) is 4.90 Å². The summed E-state index contributed by atoms with van der Waals surface area (Å²) in [4.78, 5) is 2.59. The quantitative estimate of drug-likeness (QED) is 0.919. The Morgan fingerprint density at radius 1 is 1.26 bits per heavy atom. The molecule has 2 rings (SSSR count). The first kappa shape index (κ1) is 15.0. The maximum atomic E-state index is 6.10. The minimum Gasteiger partial charge on any atom is -0.329 e. The molecule has 2 nitrogen and oxygen atoms in total. The van der Waals surface area contributed by atoms with Gasteiger partial charge in [-0.25, -0.2) is 0 Å². The van der Waals surface area contributed by atoms with Gasteiger partial charge in [0, 0.05) is 16.6 Å². The van der Waals surface area contributed by atoms with Gasteiger partial charge in [0.05, 0.1) is 0 Å². The summed E-state index contributed by atoms with van der Waals surface area (Å²) in [5, 5.41) is 0. The van der Waals surface area contributed by atoms with Crippen LogP contribution < -0.4 is 5.73 Å². The van der Waals surface area contributed by atoms with Crippen molar-refractivity contribution in [2.75, 3.05) is 19.6 Å². The highest BCUT2D eigenvalue weighted by Gasteiger charge is 2.32. The zero-order valence-electron chi connectivity index (χ0n) is 12.0. The third-order valence-corrected chi connectivity index (χ3v) is 5.01. The van der Waals surface area contributed by atoms with Crippen LogP contribution in [0.3, 0.4) is 0 Å². The number of benzene rings is 1. The second-order valence-electron chi connectivity index (χ2n) is 6.17. The predicted octanol–water partition coefficient (Wildman–Crippen LogP) is 3.44. The van der Waals surface area contributed by atoms with Crippen molar-refractivity contribution in [2.45, 2.75) is 38.6 Å². The fourth-order valence-electron chi connectivity index (χ4n) is 2.90. The Morgan fingerprint density at radius 2 is 1.84 bits per heavy atom. The standard InChI is InChI=1S/C16H25BrN2/c1-13-7-9-19(10-8-13)16(2,12-18)11-14-3-5-15(17)6-4-14/h3-6,13H,7-12,18H2,1-2H3. The molecule has 1 fully saturated rings. The molecule has 0 aliphatic carbocycles. The molecule has 1 aromatic carbocycles. The van der Waals surface area contributed by atoms with Gasteiger partial charge in [-0.15, -0.1) is 0 Å². The Hall–Kier alpha value is -0.380. The molecule has 0 aromatic heterocycles. The predicted molar refractivity (Wildman–Crippen MR) is 85.3 cm³/mol. The molecule has 106 valence electrons. The molecule has 0 bridgehead atoms. The van der Waals surface area contributed by atoms with Crippen molar-refractivity contribution in [3.63, 3.8) is 0 Å². The molecule has 1 unspecified atom stereocenters. The summed E-state index contributed by atoms with van der Waals surface area (Å²) >= 11 is 3.49. The van der Waals surface area contributed by atoms with Crippen LogP contribution in [0.25, 0.3) is 0 Å². The van der Waals surface area contributed by atoms with E-state index in [9.17, 15) is 0 Å². The average molecular weight is 325 g/mol. The van der Waals surface area contributed by atoms with E-state index in [0.29, 0.717) is 0 Å². The summed E-state index contributed by atoms with van der Waals surface area (Å²) in [6.07, 6.45) is 3.64. The number of hydrogen-bond acceptors (Lipinski definition) is 2. The number of nitrogens with zero attached hydrogens (tertiary/aromatic N) is 1. The van der Waals surface area contributed by atoms with Crippen LogP contribution in [0.2, 0.25) is 0 Å². The summed E-state index contributed by atoms with van der Waals surface area (Å²) in [6.45, 7) is 7.76. The fraction of sp³-hybridized carbons (Fsp3) is 0.625. The van der Waals surface area contributed by atoms with Gasteiger partial charge < -0.3 is 5.73 Å². The molecule has 1 atom stereocenters. The number of hydrogen-bond donors (Lipinski definition) is 1. The Balaban J connectivity index is 2.06. The van der Waals surface area contributed by atoms with Crippen molar-refractivity contribution in [3.05, 3.63) is 34.3 Å². The van der Waals surface area contributed by atoms with Crippen LogP contribution in [-0.4, -0.2) is 30.1 Å². The maximum Gasteiger partial charge on any atom is 0.0343 e. The van der Waals surface area contributed by atoms with E-state index in [2.05, 4.69) is 58.9 Å².